The van der Waals surface area contributed by atoms with Crippen LogP contribution in [0.5, 0.6) is 0 Å². The molecule has 0 saturated carbocycles. The quantitative estimate of drug-likeness (QED) is 0.723. The van der Waals surface area contributed by atoms with Gasteiger partial charge in [0.2, 0.25) is 0 Å². The Morgan fingerprint density at radius 3 is 2.89 bits per heavy atom. The normalized spacial score (nSPS) is 11.0. The minimum absolute atomic E-state index is 0.642. The lowest BCUT2D eigenvalue weighted by molar-refractivity contribution is 0.631. The molecule has 92 valence electrons. The number of aromatic nitrogens is 5. The lowest BCUT2D eigenvalue weighted by Crippen LogP contribution is -2.06. The summed E-state index contributed by atoms with van der Waals surface area (Å²) in [5.74, 6) is 1.81. The highest BCUT2D eigenvalue weighted by Gasteiger charge is 2.11. The SMILES string of the molecule is Cc1cnn(Cc2nnc(-c3cccs3)n2C)c1. The van der Waals surface area contributed by atoms with Crippen molar-refractivity contribution in [3.63, 3.8) is 0 Å². The maximum absolute atomic E-state index is 4.26. The summed E-state index contributed by atoms with van der Waals surface area (Å²) in [4.78, 5) is 1.13. The van der Waals surface area contributed by atoms with Crippen LogP contribution < -0.4 is 0 Å². The summed E-state index contributed by atoms with van der Waals surface area (Å²) in [5.41, 5.74) is 1.15. The van der Waals surface area contributed by atoms with Crippen LogP contribution in [0, 0.1) is 6.92 Å². The van der Waals surface area contributed by atoms with E-state index in [9.17, 15) is 0 Å². The van der Waals surface area contributed by atoms with Crippen molar-refractivity contribution in [1.82, 2.24) is 24.5 Å². The molecule has 0 unspecified atom stereocenters. The summed E-state index contributed by atoms with van der Waals surface area (Å²) in [6, 6.07) is 4.07. The Morgan fingerprint density at radius 1 is 1.33 bits per heavy atom. The fourth-order valence-electron chi connectivity index (χ4n) is 1.82. The summed E-state index contributed by atoms with van der Waals surface area (Å²) < 4.78 is 3.89. The smallest absolute Gasteiger partial charge is 0.173 e. The van der Waals surface area contributed by atoms with Crippen molar-refractivity contribution in [3.05, 3.63) is 41.3 Å². The zero-order chi connectivity index (χ0) is 12.5. The van der Waals surface area contributed by atoms with Gasteiger partial charge in [0.25, 0.3) is 0 Å². The molecule has 0 saturated heterocycles. The van der Waals surface area contributed by atoms with Crippen LogP contribution in [0.1, 0.15) is 11.4 Å². The van der Waals surface area contributed by atoms with Crippen molar-refractivity contribution in [1.29, 1.82) is 0 Å². The molecule has 0 spiro atoms. The fraction of sp³-hybridized carbons (Fsp3) is 0.250. The second-order valence-electron chi connectivity index (χ2n) is 4.19. The number of aryl methyl sites for hydroxylation is 1. The van der Waals surface area contributed by atoms with Crippen LogP contribution in [0.4, 0.5) is 0 Å². The van der Waals surface area contributed by atoms with E-state index < -0.39 is 0 Å². The third-order valence-electron chi connectivity index (χ3n) is 2.77. The van der Waals surface area contributed by atoms with Gasteiger partial charge in [-0.1, -0.05) is 6.07 Å². The highest BCUT2D eigenvalue weighted by atomic mass is 32.1. The summed E-state index contributed by atoms with van der Waals surface area (Å²) in [6.07, 6.45) is 3.84. The predicted octanol–water partition coefficient (Wildman–Crippen LogP) is 2.10. The maximum atomic E-state index is 4.26. The average molecular weight is 259 g/mol. The van der Waals surface area contributed by atoms with Crippen LogP contribution in [0.2, 0.25) is 0 Å². The zero-order valence-electron chi connectivity index (χ0n) is 10.2. The van der Waals surface area contributed by atoms with Crippen LogP contribution >= 0.6 is 11.3 Å². The van der Waals surface area contributed by atoms with Gasteiger partial charge in [0.1, 0.15) is 6.54 Å². The average Bonchev–Trinajstić information content (AvgIpc) is 3.04. The van der Waals surface area contributed by atoms with Gasteiger partial charge in [0, 0.05) is 13.2 Å². The molecule has 0 bridgehead atoms. The molecule has 0 atom stereocenters. The number of nitrogens with zero attached hydrogens (tertiary/aromatic N) is 5. The van der Waals surface area contributed by atoms with E-state index in [4.69, 9.17) is 0 Å². The van der Waals surface area contributed by atoms with Gasteiger partial charge in [-0.2, -0.15) is 5.10 Å². The first-order chi connectivity index (χ1) is 8.74. The van der Waals surface area contributed by atoms with E-state index in [1.807, 2.05) is 47.1 Å². The molecular formula is C12H13N5S. The molecule has 6 heteroatoms. The molecule has 0 N–H and O–H groups in total. The molecule has 0 radical (unpaired) electrons. The molecule has 18 heavy (non-hydrogen) atoms. The molecule has 0 fully saturated rings. The lowest BCUT2D eigenvalue weighted by atomic mass is 10.4. The van der Waals surface area contributed by atoms with Gasteiger partial charge >= 0.3 is 0 Å². The molecule has 0 aromatic carbocycles. The molecule has 3 aromatic rings. The van der Waals surface area contributed by atoms with Gasteiger partial charge in [-0.25, -0.2) is 0 Å². The van der Waals surface area contributed by atoms with Crippen LogP contribution in [0.3, 0.4) is 0 Å². The molecule has 0 aliphatic carbocycles. The molecule has 0 amide bonds. The van der Waals surface area contributed by atoms with E-state index in [1.165, 1.54) is 0 Å². The summed E-state index contributed by atoms with van der Waals surface area (Å²) >= 11 is 1.67. The van der Waals surface area contributed by atoms with E-state index >= 15 is 0 Å². The second kappa shape index (κ2) is 4.38. The third-order valence-corrected chi connectivity index (χ3v) is 3.64. The van der Waals surface area contributed by atoms with Gasteiger partial charge < -0.3 is 4.57 Å². The minimum atomic E-state index is 0.642. The van der Waals surface area contributed by atoms with Crippen LogP contribution in [0.25, 0.3) is 10.7 Å². The number of thiophene rings is 1. The highest BCUT2D eigenvalue weighted by molar-refractivity contribution is 7.13. The number of hydrogen-bond acceptors (Lipinski definition) is 4. The van der Waals surface area contributed by atoms with Gasteiger partial charge in [-0.05, 0) is 23.9 Å². The Labute approximate surface area is 109 Å². The van der Waals surface area contributed by atoms with Crippen molar-refractivity contribution < 1.29 is 0 Å². The fourth-order valence-corrected chi connectivity index (χ4v) is 2.56. The van der Waals surface area contributed by atoms with Gasteiger partial charge in [0.15, 0.2) is 11.6 Å². The number of hydrogen-bond donors (Lipinski definition) is 0. The summed E-state index contributed by atoms with van der Waals surface area (Å²) in [6.45, 7) is 2.67. The van der Waals surface area contributed by atoms with Crippen LogP contribution in [-0.2, 0) is 13.6 Å². The van der Waals surface area contributed by atoms with E-state index in [-0.39, 0.29) is 0 Å². The Kier molecular flexibility index (Phi) is 2.71. The largest absolute Gasteiger partial charge is 0.312 e. The third kappa shape index (κ3) is 1.95. The molecule has 3 heterocycles. The van der Waals surface area contributed by atoms with Crippen molar-refractivity contribution in [3.8, 4) is 10.7 Å². The molecule has 3 rings (SSSR count). The van der Waals surface area contributed by atoms with Gasteiger partial charge in [0.05, 0.1) is 11.1 Å². The topological polar surface area (TPSA) is 48.5 Å². The van der Waals surface area contributed by atoms with E-state index in [2.05, 4.69) is 21.4 Å². The molecule has 5 nitrogen and oxygen atoms in total. The Hall–Kier alpha value is -1.95. The van der Waals surface area contributed by atoms with E-state index in [0.717, 1.165) is 22.1 Å². The minimum Gasteiger partial charge on any atom is -0.312 e. The Morgan fingerprint density at radius 2 is 2.22 bits per heavy atom. The van der Waals surface area contributed by atoms with Crippen molar-refractivity contribution in [2.45, 2.75) is 13.5 Å². The Bertz CT molecular complexity index is 650. The van der Waals surface area contributed by atoms with Crippen LogP contribution in [0.15, 0.2) is 29.9 Å². The lowest BCUT2D eigenvalue weighted by Gasteiger charge is -2.02. The monoisotopic (exact) mass is 259 g/mol. The van der Waals surface area contributed by atoms with Crippen molar-refractivity contribution >= 4 is 11.3 Å². The molecule has 0 aliphatic rings. The van der Waals surface area contributed by atoms with Crippen LogP contribution in [-0.4, -0.2) is 24.5 Å². The predicted molar refractivity (Wildman–Crippen MR) is 70.4 cm³/mol. The molecular weight excluding hydrogens is 246 g/mol. The first kappa shape index (κ1) is 11.2. The van der Waals surface area contributed by atoms with E-state index in [0.29, 0.717) is 6.54 Å². The standard InChI is InChI=1S/C12H13N5S/c1-9-6-13-17(7-9)8-11-14-15-12(16(11)2)10-4-3-5-18-10/h3-7H,8H2,1-2H3. The van der Waals surface area contributed by atoms with Gasteiger partial charge in [-0.15, -0.1) is 21.5 Å². The second-order valence-corrected chi connectivity index (χ2v) is 5.14. The summed E-state index contributed by atoms with van der Waals surface area (Å²) in [7, 11) is 1.99. The maximum Gasteiger partial charge on any atom is 0.173 e. The van der Waals surface area contributed by atoms with Gasteiger partial charge in [-0.3, -0.25) is 4.68 Å². The van der Waals surface area contributed by atoms with E-state index in [1.54, 1.807) is 11.3 Å². The summed E-state index contributed by atoms with van der Waals surface area (Å²) in [5, 5.41) is 14.8. The first-order valence-corrected chi connectivity index (χ1v) is 6.53. The van der Waals surface area contributed by atoms with Crippen molar-refractivity contribution in [2.75, 3.05) is 0 Å². The molecule has 3 aromatic heterocycles. The Balaban J connectivity index is 1.90. The first-order valence-electron chi connectivity index (χ1n) is 5.65. The molecule has 0 aliphatic heterocycles. The highest BCUT2D eigenvalue weighted by Crippen LogP contribution is 2.22. The number of rotatable bonds is 3. The zero-order valence-corrected chi connectivity index (χ0v) is 11.1. The van der Waals surface area contributed by atoms with Crippen molar-refractivity contribution in [2.24, 2.45) is 7.05 Å².